The van der Waals surface area contributed by atoms with E-state index in [2.05, 4.69) is 0 Å². The molecule has 3 heterocycles. The lowest BCUT2D eigenvalue weighted by molar-refractivity contribution is 0.0220. The van der Waals surface area contributed by atoms with E-state index in [9.17, 15) is 25.2 Å². The minimum atomic E-state index is -1.11. The summed E-state index contributed by atoms with van der Waals surface area (Å²) in [6, 6.07) is 2.55. The van der Waals surface area contributed by atoms with Crippen LogP contribution in [0.3, 0.4) is 0 Å². The molecule has 0 amide bonds. The van der Waals surface area contributed by atoms with Crippen LogP contribution >= 0.6 is 0 Å². The number of phenolic OH excluding ortho intramolecular Hbond substituents is 3. The lowest BCUT2D eigenvalue weighted by atomic mass is 9.74. The Morgan fingerprint density at radius 3 is 2.55 bits per heavy atom. The Morgan fingerprint density at radius 2 is 1.82 bits per heavy atom. The van der Waals surface area contributed by atoms with Crippen molar-refractivity contribution in [3.05, 3.63) is 45.1 Å². The predicted octanol–water partition coefficient (Wildman–Crippen LogP) is 3.54. The maximum Gasteiger partial charge on any atom is 0.200 e. The van der Waals surface area contributed by atoms with Gasteiger partial charge in [-0.15, -0.1) is 0 Å². The zero-order valence-electron chi connectivity index (χ0n) is 18.2. The first-order valence-electron chi connectivity index (χ1n) is 10.7. The molecule has 1 aromatic heterocycles. The smallest absolute Gasteiger partial charge is 0.200 e. The first-order valence-corrected chi connectivity index (χ1v) is 10.7. The van der Waals surface area contributed by atoms with E-state index in [1.807, 2.05) is 19.9 Å². The average molecular weight is 450 g/mol. The normalized spacial score (nSPS) is 23.5. The van der Waals surface area contributed by atoms with Crippen molar-refractivity contribution in [2.45, 2.75) is 44.3 Å². The fourth-order valence-electron chi connectivity index (χ4n) is 5.22. The highest BCUT2D eigenvalue weighted by Gasteiger charge is 2.51. The second-order valence-corrected chi connectivity index (χ2v) is 9.65. The van der Waals surface area contributed by atoms with Crippen LogP contribution in [0.5, 0.6) is 28.7 Å². The molecule has 0 spiro atoms. The van der Waals surface area contributed by atoms with E-state index in [-0.39, 0.29) is 63.9 Å². The van der Waals surface area contributed by atoms with Crippen LogP contribution < -0.4 is 14.9 Å². The highest BCUT2D eigenvalue weighted by atomic mass is 16.5. The number of aromatic hydroxyl groups is 3. The quantitative estimate of drug-likeness (QED) is 0.443. The van der Waals surface area contributed by atoms with Crippen LogP contribution in [-0.2, 0) is 6.42 Å². The Hall–Kier alpha value is -3.65. The molecule has 33 heavy (non-hydrogen) atoms. The Balaban J connectivity index is 1.72. The van der Waals surface area contributed by atoms with E-state index in [0.29, 0.717) is 16.9 Å². The van der Waals surface area contributed by atoms with Crippen molar-refractivity contribution < 1.29 is 34.3 Å². The fraction of sp³-hybridized carbons (Fsp3) is 0.320. The second kappa shape index (κ2) is 6.02. The molecular formula is C25H22O8. The number of fused-ring (bicyclic) bond motifs is 5. The Kier molecular flexibility index (Phi) is 3.65. The van der Waals surface area contributed by atoms with Crippen molar-refractivity contribution in [2.75, 3.05) is 6.61 Å². The third-order valence-electron chi connectivity index (χ3n) is 6.91. The van der Waals surface area contributed by atoms with E-state index in [4.69, 9.17) is 13.9 Å². The molecule has 8 nitrogen and oxygen atoms in total. The molecule has 0 bridgehead atoms. The van der Waals surface area contributed by atoms with Crippen LogP contribution in [-0.4, -0.2) is 38.2 Å². The third kappa shape index (κ3) is 2.47. The van der Waals surface area contributed by atoms with Crippen LogP contribution in [0.15, 0.2) is 27.4 Å². The number of ether oxygens (including phenoxy) is 2. The molecule has 4 N–H and O–H groups in total. The van der Waals surface area contributed by atoms with Crippen LogP contribution in [0.1, 0.15) is 43.4 Å². The van der Waals surface area contributed by atoms with Gasteiger partial charge in [0, 0.05) is 29.2 Å². The van der Waals surface area contributed by atoms with Crippen LogP contribution in [0.2, 0.25) is 0 Å². The van der Waals surface area contributed by atoms with Crippen LogP contribution in [0.25, 0.3) is 28.4 Å². The number of rotatable bonds is 1. The number of aliphatic hydroxyl groups is 1. The van der Waals surface area contributed by atoms with Crippen LogP contribution in [0.4, 0.5) is 0 Å². The van der Waals surface area contributed by atoms with Gasteiger partial charge in [0.25, 0.3) is 0 Å². The maximum atomic E-state index is 13.7. The molecule has 3 aliphatic rings. The molecular weight excluding hydrogens is 428 g/mol. The van der Waals surface area contributed by atoms with Gasteiger partial charge >= 0.3 is 0 Å². The Labute approximate surface area is 187 Å². The van der Waals surface area contributed by atoms with Gasteiger partial charge < -0.3 is 34.3 Å². The zero-order chi connectivity index (χ0) is 23.4. The number of aliphatic hydroxyl groups excluding tert-OH is 1. The highest BCUT2D eigenvalue weighted by Crippen LogP contribution is 2.59. The fourth-order valence-corrected chi connectivity index (χ4v) is 5.22. The molecule has 2 aliphatic heterocycles. The summed E-state index contributed by atoms with van der Waals surface area (Å²) in [6.45, 7) is 5.06. The van der Waals surface area contributed by atoms with E-state index < -0.39 is 22.5 Å². The molecule has 0 radical (unpaired) electrons. The molecule has 2 aromatic carbocycles. The summed E-state index contributed by atoms with van der Waals surface area (Å²) in [6.07, 6.45) is 3.76. The molecule has 0 saturated heterocycles. The van der Waals surface area contributed by atoms with Crippen molar-refractivity contribution in [2.24, 2.45) is 0 Å². The third-order valence-corrected chi connectivity index (χ3v) is 6.91. The molecule has 3 aromatic rings. The molecule has 2 atom stereocenters. The van der Waals surface area contributed by atoms with Crippen LogP contribution in [0, 0.1) is 0 Å². The summed E-state index contributed by atoms with van der Waals surface area (Å²) >= 11 is 0. The first kappa shape index (κ1) is 20.0. The predicted molar refractivity (Wildman–Crippen MR) is 119 cm³/mol. The number of hydrogen-bond donors (Lipinski definition) is 4. The number of benzene rings is 2. The van der Waals surface area contributed by atoms with E-state index in [0.717, 1.165) is 6.07 Å². The minimum absolute atomic E-state index is 0.0204. The molecule has 1 aliphatic carbocycles. The molecule has 8 heteroatoms. The van der Waals surface area contributed by atoms with Gasteiger partial charge in [0.1, 0.15) is 39.6 Å². The summed E-state index contributed by atoms with van der Waals surface area (Å²) in [5.74, 6) is -0.626. The highest BCUT2D eigenvalue weighted by molar-refractivity contribution is 5.96. The van der Waals surface area contributed by atoms with Gasteiger partial charge in [-0.05, 0) is 39.3 Å². The second-order valence-electron chi connectivity index (χ2n) is 9.65. The van der Waals surface area contributed by atoms with Gasteiger partial charge in [-0.1, -0.05) is 0 Å². The SMILES string of the molecule is CC1(C)C=Cc2c(cc(O)c3c(=O)c4c(oc23)-c2c(O)cc(O)c3c2[C@@H](C4)[C@](C)(CO)O3)O1. The minimum Gasteiger partial charge on any atom is -0.507 e. The molecule has 0 unspecified atom stereocenters. The monoisotopic (exact) mass is 450 g/mol. The largest absolute Gasteiger partial charge is 0.507 e. The summed E-state index contributed by atoms with van der Waals surface area (Å²) in [4.78, 5) is 13.7. The molecule has 0 saturated carbocycles. The van der Waals surface area contributed by atoms with E-state index >= 15 is 0 Å². The van der Waals surface area contributed by atoms with Crippen molar-refractivity contribution in [3.63, 3.8) is 0 Å². The summed E-state index contributed by atoms with van der Waals surface area (Å²) in [5.41, 5.74) is -0.507. The summed E-state index contributed by atoms with van der Waals surface area (Å²) in [7, 11) is 0. The Bertz CT molecular complexity index is 1480. The topological polar surface area (TPSA) is 130 Å². The maximum absolute atomic E-state index is 13.7. The zero-order valence-corrected chi connectivity index (χ0v) is 18.2. The lowest BCUT2D eigenvalue weighted by Gasteiger charge is -2.32. The van der Waals surface area contributed by atoms with Crippen molar-refractivity contribution >= 4 is 17.0 Å². The average Bonchev–Trinajstić information content (AvgIpc) is 3.04. The van der Waals surface area contributed by atoms with Gasteiger partial charge in [-0.2, -0.15) is 0 Å². The van der Waals surface area contributed by atoms with Crippen molar-refractivity contribution in [1.82, 2.24) is 0 Å². The Morgan fingerprint density at radius 1 is 1.06 bits per heavy atom. The van der Waals surface area contributed by atoms with Crippen molar-refractivity contribution in [3.8, 4) is 40.1 Å². The number of hydrogen-bond acceptors (Lipinski definition) is 8. The summed E-state index contributed by atoms with van der Waals surface area (Å²) < 4.78 is 18.1. The molecule has 6 rings (SSSR count). The van der Waals surface area contributed by atoms with Crippen molar-refractivity contribution in [1.29, 1.82) is 0 Å². The van der Waals surface area contributed by atoms with E-state index in [1.54, 1.807) is 13.0 Å². The van der Waals surface area contributed by atoms with Gasteiger partial charge in [-0.3, -0.25) is 4.79 Å². The molecule has 170 valence electrons. The van der Waals surface area contributed by atoms with Gasteiger partial charge in [0.2, 0.25) is 0 Å². The summed E-state index contributed by atoms with van der Waals surface area (Å²) in [5, 5.41) is 42.0. The lowest BCUT2D eigenvalue weighted by Crippen LogP contribution is -2.41. The van der Waals surface area contributed by atoms with Gasteiger partial charge in [0.05, 0.1) is 17.7 Å². The van der Waals surface area contributed by atoms with E-state index in [1.165, 1.54) is 6.07 Å². The number of phenols is 3. The first-order chi connectivity index (χ1) is 15.5. The van der Waals surface area contributed by atoms with Gasteiger partial charge in [-0.25, -0.2) is 0 Å². The standard InChI is InChI=1S/C25H22O8/c1-24(2)5-4-10-16(32-24)8-14(28)19-20(30)11-6-12-17-18(22(11)31-21(10)19)13(27)7-15(29)23(17)33-25(12,3)9-26/h4-5,7-8,12,26-29H,6,9H2,1-3H3/t12-,25+/m1/s1. The van der Waals surface area contributed by atoms with Gasteiger partial charge in [0.15, 0.2) is 22.5 Å². The molecule has 0 fully saturated rings.